The van der Waals surface area contributed by atoms with Crippen molar-refractivity contribution in [3.05, 3.63) is 29.8 Å². The zero-order valence-corrected chi connectivity index (χ0v) is 11.2. The van der Waals surface area contributed by atoms with Crippen LogP contribution in [0.3, 0.4) is 0 Å². The number of amides is 1. The molecule has 0 spiro atoms. The molecule has 19 heavy (non-hydrogen) atoms. The first-order chi connectivity index (χ1) is 9.02. The number of hydrogen-bond acceptors (Lipinski definition) is 3. The summed E-state index contributed by atoms with van der Waals surface area (Å²) in [6.45, 7) is 1.72. The zero-order chi connectivity index (χ0) is 14.3. The van der Waals surface area contributed by atoms with Gasteiger partial charge in [-0.1, -0.05) is 19.1 Å². The summed E-state index contributed by atoms with van der Waals surface area (Å²) in [4.78, 5) is 22.2. The molecule has 0 heterocycles. The highest BCUT2D eigenvalue weighted by Crippen LogP contribution is 2.13. The fraction of sp³-hybridized carbons (Fsp3) is 0.429. The van der Waals surface area contributed by atoms with Crippen LogP contribution in [0.4, 0.5) is 0 Å². The quantitative estimate of drug-likeness (QED) is 0.782. The van der Waals surface area contributed by atoms with E-state index in [1.165, 1.54) is 0 Å². The molecule has 2 N–H and O–H groups in total. The summed E-state index contributed by atoms with van der Waals surface area (Å²) in [6, 6.07) is 7.53. The average Bonchev–Trinajstić information content (AvgIpc) is 2.42. The van der Waals surface area contributed by atoms with Gasteiger partial charge in [-0.05, 0) is 24.1 Å². The lowest BCUT2D eigenvalue weighted by molar-refractivity contribution is -0.141. The van der Waals surface area contributed by atoms with Gasteiger partial charge in [0.15, 0.2) is 0 Å². The summed E-state index contributed by atoms with van der Waals surface area (Å²) in [5.41, 5.74) is 1.01. The van der Waals surface area contributed by atoms with Gasteiger partial charge in [0.2, 0.25) is 5.91 Å². The van der Waals surface area contributed by atoms with Crippen LogP contribution in [-0.4, -0.2) is 30.6 Å². The van der Waals surface area contributed by atoms with E-state index in [0.717, 1.165) is 11.3 Å². The number of rotatable bonds is 7. The number of carbonyl (C=O) groups is 2. The van der Waals surface area contributed by atoms with Crippen molar-refractivity contribution < 1.29 is 19.4 Å². The number of carboxylic acids is 1. The Labute approximate surface area is 112 Å². The zero-order valence-electron chi connectivity index (χ0n) is 11.2. The van der Waals surface area contributed by atoms with Crippen molar-refractivity contribution in [1.82, 2.24) is 5.32 Å². The van der Waals surface area contributed by atoms with Crippen LogP contribution in [0.25, 0.3) is 0 Å². The summed E-state index contributed by atoms with van der Waals surface area (Å²) >= 11 is 0. The van der Waals surface area contributed by atoms with Crippen LogP contribution in [0.15, 0.2) is 24.3 Å². The van der Waals surface area contributed by atoms with Crippen LogP contribution in [-0.2, 0) is 16.0 Å². The number of methoxy groups -OCH3 is 1. The van der Waals surface area contributed by atoms with Gasteiger partial charge in [0.1, 0.15) is 5.75 Å². The van der Waals surface area contributed by atoms with Gasteiger partial charge in [0.25, 0.3) is 0 Å². The molecule has 0 aliphatic heterocycles. The first-order valence-corrected chi connectivity index (χ1v) is 6.15. The highest BCUT2D eigenvalue weighted by Gasteiger charge is 2.12. The summed E-state index contributed by atoms with van der Waals surface area (Å²) < 4.78 is 5.10. The molecule has 0 aliphatic rings. The second kappa shape index (κ2) is 7.41. The molecule has 1 aromatic carbocycles. The van der Waals surface area contributed by atoms with Crippen LogP contribution in [0.1, 0.15) is 18.9 Å². The van der Waals surface area contributed by atoms with Crippen molar-refractivity contribution in [1.29, 1.82) is 0 Å². The van der Waals surface area contributed by atoms with E-state index in [1.807, 2.05) is 24.3 Å². The second-order valence-electron chi connectivity index (χ2n) is 4.39. The van der Waals surface area contributed by atoms with Gasteiger partial charge >= 0.3 is 5.97 Å². The fourth-order valence-corrected chi connectivity index (χ4v) is 1.53. The number of ether oxygens (including phenoxy) is 1. The van der Waals surface area contributed by atoms with Gasteiger partial charge in [0.05, 0.1) is 13.0 Å². The Kier molecular flexibility index (Phi) is 5.85. The van der Waals surface area contributed by atoms with Crippen LogP contribution >= 0.6 is 0 Å². The minimum atomic E-state index is -0.909. The molecule has 1 aromatic rings. The molecule has 1 amide bonds. The molecule has 1 rings (SSSR count). The first-order valence-electron chi connectivity index (χ1n) is 6.15. The second-order valence-corrected chi connectivity index (χ2v) is 4.39. The predicted molar refractivity (Wildman–Crippen MR) is 71.1 cm³/mol. The number of aryl methyl sites for hydroxylation is 1. The molecule has 0 bridgehead atoms. The summed E-state index contributed by atoms with van der Waals surface area (Å²) in [5, 5.41) is 11.3. The van der Waals surface area contributed by atoms with Crippen molar-refractivity contribution in [3.63, 3.8) is 0 Å². The predicted octanol–water partition coefficient (Wildman–Crippen LogP) is 1.46. The van der Waals surface area contributed by atoms with E-state index in [-0.39, 0.29) is 12.5 Å². The molecule has 0 saturated carbocycles. The van der Waals surface area contributed by atoms with Crippen molar-refractivity contribution in [2.24, 2.45) is 5.92 Å². The van der Waals surface area contributed by atoms with Gasteiger partial charge < -0.3 is 15.2 Å². The molecule has 0 radical (unpaired) electrons. The van der Waals surface area contributed by atoms with Crippen molar-refractivity contribution in [2.45, 2.75) is 19.8 Å². The topological polar surface area (TPSA) is 75.6 Å². The van der Waals surface area contributed by atoms with Gasteiger partial charge in [-0.25, -0.2) is 0 Å². The lowest BCUT2D eigenvalue weighted by Crippen LogP contribution is -2.31. The largest absolute Gasteiger partial charge is 0.497 e. The monoisotopic (exact) mass is 265 g/mol. The molecule has 1 atom stereocenters. The average molecular weight is 265 g/mol. The summed E-state index contributed by atoms with van der Waals surface area (Å²) in [7, 11) is 1.60. The van der Waals surface area contributed by atoms with E-state index in [2.05, 4.69) is 5.32 Å². The molecule has 5 heteroatoms. The number of carbonyl (C=O) groups excluding carboxylic acids is 1. The van der Waals surface area contributed by atoms with E-state index < -0.39 is 11.9 Å². The lowest BCUT2D eigenvalue weighted by Gasteiger charge is -2.08. The highest BCUT2D eigenvalue weighted by atomic mass is 16.5. The highest BCUT2D eigenvalue weighted by molar-refractivity contribution is 5.77. The Hall–Kier alpha value is -2.04. The maximum Gasteiger partial charge on any atom is 0.308 e. The summed E-state index contributed by atoms with van der Waals surface area (Å²) in [6.07, 6.45) is 0.935. The Bertz CT molecular complexity index is 445. The Morgan fingerprint density at radius 2 is 2.16 bits per heavy atom. The molecular formula is C14H19NO4. The van der Waals surface area contributed by atoms with Crippen LogP contribution in [0, 0.1) is 5.92 Å². The van der Waals surface area contributed by atoms with Crippen molar-refractivity contribution in [2.75, 3.05) is 13.7 Å². The third kappa shape index (κ3) is 5.42. The molecular weight excluding hydrogens is 246 g/mol. The van der Waals surface area contributed by atoms with E-state index in [9.17, 15) is 9.59 Å². The maximum absolute atomic E-state index is 11.6. The van der Waals surface area contributed by atoms with E-state index in [1.54, 1.807) is 14.0 Å². The molecule has 0 fully saturated rings. The molecule has 1 unspecified atom stereocenters. The van der Waals surface area contributed by atoms with Crippen LogP contribution in [0.5, 0.6) is 5.75 Å². The Balaban J connectivity index is 2.35. The molecule has 104 valence electrons. The number of carboxylic acid groups (broad SMARTS) is 1. The van der Waals surface area contributed by atoms with Crippen molar-refractivity contribution in [3.8, 4) is 5.75 Å². The van der Waals surface area contributed by atoms with Gasteiger partial charge in [-0.3, -0.25) is 9.59 Å². The number of aliphatic carboxylic acids is 1. The van der Waals surface area contributed by atoms with Crippen LogP contribution < -0.4 is 10.1 Å². The molecule has 0 aliphatic carbocycles. The molecule has 5 nitrogen and oxygen atoms in total. The minimum absolute atomic E-state index is 0.143. The number of benzene rings is 1. The standard InChI is InChI=1S/C14H19NO4/c1-10(14(17)18)9-15-13(16)7-6-11-4-3-5-12(8-11)19-2/h3-5,8,10H,6-7,9H2,1-2H3,(H,15,16)(H,17,18). The fourth-order valence-electron chi connectivity index (χ4n) is 1.53. The van der Waals surface area contributed by atoms with E-state index in [4.69, 9.17) is 9.84 Å². The van der Waals surface area contributed by atoms with Crippen LogP contribution in [0.2, 0.25) is 0 Å². The number of hydrogen-bond donors (Lipinski definition) is 2. The lowest BCUT2D eigenvalue weighted by atomic mass is 10.1. The Morgan fingerprint density at radius 3 is 2.79 bits per heavy atom. The minimum Gasteiger partial charge on any atom is -0.497 e. The van der Waals surface area contributed by atoms with Gasteiger partial charge in [-0.2, -0.15) is 0 Å². The maximum atomic E-state index is 11.6. The molecule has 0 saturated heterocycles. The smallest absolute Gasteiger partial charge is 0.308 e. The summed E-state index contributed by atoms with van der Waals surface area (Å²) in [5.74, 6) is -0.859. The Morgan fingerprint density at radius 1 is 1.42 bits per heavy atom. The SMILES string of the molecule is COc1cccc(CCC(=O)NCC(C)C(=O)O)c1. The van der Waals surface area contributed by atoms with E-state index >= 15 is 0 Å². The van der Waals surface area contributed by atoms with Gasteiger partial charge in [0, 0.05) is 13.0 Å². The number of nitrogens with one attached hydrogen (secondary N) is 1. The van der Waals surface area contributed by atoms with Crippen molar-refractivity contribution >= 4 is 11.9 Å². The van der Waals surface area contributed by atoms with Gasteiger partial charge in [-0.15, -0.1) is 0 Å². The third-order valence-electron chi connectivity index (χ3n) is 2.80. The first kappa shape index (κ1) is 15.0. The normalized spacial score (nSPS) is 11.7. The molecule has 0 aromatic heterocycles. The third-order valence-corrected chi connectivity index (χ3v) is 2.80. The van der Waals surface area contributed by atoms with E-state index in [0.29, 0.717) is 12.8 Å².